The van der Waals surface area contributed by atoms with Gasteiger partial charge in [-0.25, -0.2) is 23.2 Å². The van der Waals surface area contributed by atoms with E-state index < -0.39 is 31.9 Å². The molecule has 0 radical (unpaired) electrons. The number of aryl methyl sites for hydroxylation is 1. The minimum absolute atomic E-state index is 0.0435. The van der Waals surface area contributed by atoms with Crippen molar-refractivity contribution in [2.45, 2.75) is 61.9 Å². The number of nitrogens with one attached hydrogen (secondary N) is 1. The molecule has 0 aromatic heterocycles. The van der Waals surface area contributed by atoms with E-state index in [1.54, 1.807) is 25.3 Å². The van der Waals surface area contributed by atoms with E-state index in [1.807, 2.05) is 13.0 Å². The Balaban J connectivity index is 1.37. The van der Waals surface area contributed by atoms with Gasteiger partial charge in [0.2, 0.25) is 5.91 Å². The molecule has 2 aromatic rings. The molecule has 4 aliphatic rings. The molecule has 8 nitrogen and oxygen atoms in total. The molecule has 1 amide bonds. The van der Waals surface area contributed by atoms with Crippen molar-refractivity contribution in [3.05, 3.63) is 64.7 Å². The number of carbonyl (C=O) groups excluding carboxylic acids is 1. The fraction of sp³-hybridized carbons (Fsp3) is 0.605. The minimum Gasteiger partial charge on any atom is -0.490 e. The highest BCUT2D eigenvalue weighted by atomic mass is 35.5. The van der Waals surface area contributed by atoms with Crippen molar-refractivity contribution in [3.8, 4) is 5.75 Å². The van der Waals surface area contributed by atoms with E-state index in [0.717, 1.165) is 55.1 Å². The van der Waals surface area contributed by atoms with Crippen molar-refractivity contribution in [1.29, 1.82) is 0 Å². The smallest absolute Gasteiger partial charge is 0.264 e. The predicted molar refractivity (Wildman–Crippen MR) is 200 cm³/mol. The molecule has 0 unspecified atom stereocenters. The highest BCUT2D eigenvalue weighted by Gasteiger charge is 2.44. The number of rotatable bonds is 6. The summed E-state index contributed by atoms with van der Waals surface area (Å²) >= 11 is 6.44. The Morgan fingerprint density at radius 2 is 1.96 bits per heavy atom. The van der Waals surface area contributed by atoms with E-state index >= 15 is 0 Å². The molecule has 1 N–H and O–H groups in total. The topological polar surface area (TPSA) is 94.2 Å². The molecule has 6 atom stereocenters. The number of anilines is 1. The minimum atomic E-state index is -4.18. The van der Waals surface area contributed by atoms with E-state index in [-0.39, 0.29) is 28.9 Å². The fourth-order valence-electron chi connectivity index (χ4n) is 8.07. The second-order valence-electron chi connectivity index (χ2n) is 15.5. The van der Waals surface area contributed by atoms with Crippen LogP contribution < -0.4 is 14.4 Å². The molecule has 2 aliphatic heterocycles. The van der Waals surface area contributed by atoms with Crippen molar-refractivity contribution in [2.75, 3.05) is 69.4 Å². The van der Waals surface area contributed by atoms with E-state index in [1.165, 1.54) is 11.1 Å². The van der Waals surface area contributed by atoms with Crippen LogP contribution in [-0.4, -0.2) is 85.0 Å². The quantitative estimate of drug-likeness (QED) is 0.265. The van der Waals surface area contributed by atoms with Crippen LogP contribution in [0.2, 0.25) is 5.02 Å². The lowest BCUT2D eigenvalue weighted by Crippen LogP contribution is -2.49. The normalized spacial score (nSPS) is 30.9. The molecule has 2 aliphatic carbocycles. The van der Waals surface area contributed by atoms with Crippen LogP contribution in [0.5, 0.6) is 5.75 Å². The van der Waals surface area contributed by atoms with Gasteiger partial charge in [0.1, 0.15) is 5.75 Å². The summed E-state index contributed by atoms with van der Waals surface area (Å²) in [5.74, 6) is 0.945. The molecule has 49 heavy (non-hydrogen) atoms. The van der Waals surface area contributed by atoms with Crippen LogP contribution in [0.3, 0.4) is 0 Å². The highest BCUT2D eigenvalue weighted by molar-refractivity contribution is 8.32. The van der Waals surface area contributed by atoms with Gasteiger partial charge in [0.05, 0.1) is 42.4 Å². The Morgan fingerprint density at radius 3 is 2.69 bits per heavy atom. The first-order chi connectivity index (χ1) is 23.3. The van der Waals surface area contributed by atoms with Crippen LogP contribution in [0, 0.1) is 23.7 Å². The number of nitrogens with zero attached hydrogens (tertiary/aromatic N) is 1. The Hall–Kier alpha value is -2.24. The number of hydrogen-bond acceptors (Lipinski definition) is 7. The van der Waals surface area contributed by atoms with Crippen molar-refractivity contribution in [1.82, 2.24) is 4.72 Å². The highest BCUT2D eigenvalue weighted by Crippen LogP contribution is 2.47. The second kappa shape index (κ2) is 14.8. The number of sulfonamides is 1. The molecule has 1 fully saturated rings. The van der Waals surface area contributed by atoms with Gasteiger partial charge in [-0.2, -0.15) is 0 Å². The fourth-order valence-corrected chi connectivity index (χ4v) is 9.93. The summed E-state index contributed by atoms with van der Waals surface area (Å²) in [4.78, 5) is 16.2. The molecule has 1 spiro atoms. The standard InChI is InChI=1S/C38H53ClN2O6S2/c1-26-8-6-10-35(45-2)31-14-11-28(31)22-41-24-38(17-7-9-27-20-29(39)12-15-33(27)38)25-47-36-16-13-30(21-34(36)41)49(43,44)40-37(42)32(26)23-46-18-19-48(3,4)5/h6,10,12-13,15-16,20-21,26,28,31-32,35H,7-9,11,14,17-19,22-25H2,1-5H3,(H,40,42)/b10-6+/t26-,28-,31+,32+,35+,38-/m0/s1. The van der Waals surface area contributed by atoms with Crippen molar-refractivity contribution >= 4 is 43.2 Å². The first-order valence-corrected chi connectivity index (χ1v) is 22.5. The van der Waals surface area contributed by atoms with Crippen LogP contribution >= 0.6 is 21.6 Å². The summed E-state index contributed by atoms with van der Waals surface area (Å²) < 4.78 is 49.0. The summed E-state index contributed by atoms with van der Waals surface area (Å²) in [6.07, 6.45) is 16.6. The molecule has 2 aromatic carbocycles. The Kier molecular flexibility index (Phi) is 11.0. The van der Waals surface area contributed by atoms with Gasteiger partial charge in [0.25, 0.3) is 10.0 Å². The van der Waals surface area contributed by atoms with E-state index in [4.69, 9.17) is 25.8 Å². The Morgan fingerprint density at radius 1 is 1.14 bits per heavy atom. The monoisotopic (exact) mass is 732 g/mol. The number of halogens is 1. The van der Waals surface area contributed by atoms with Crippen LogP contribution in [-0.2, 0) is 36.1 Å². The number of amides is 1. The lowest BCUT2D eigenvalue weighted by atomic mass is 9.68. The Labute approximate surface area is 299 Å². The van der Waals surface area contributed by atoms with Crippen LogP contribution in [0.15, 0.2) is 53.4 Å². The lowest BCUT2D eigenvalue weighted by Gasteiger charge is -2.46. The van der Waals surface area contributed by atoms with Gasteiger partial charge < -0.3 is 19.1 Å². The Bertz CT molecular complexity index is 1660. The number of hydrogen-bond donors (Lipinski definition) is 1. The molecule has 11 heteroatoms. The van der Waals surface area contributed by atoms with E-state index in [0.29, 0.717) is 43.8 Å². The third kappa shape index (κ3) is 8.14. The van der Waals surface area contributed by atoms with Gasteiger partial charge in [-0.1, -0.05) is 36.7 Å². The molecular weight excluding hydrogens is 680 g/mol. The van der Waals surface area contributed by atoms with E-state index in [2.05, 4.69) is 52.7 Å². The number of allylic oxidation sites excluding steroid dienone is 1. The van der Waals surface area contributed by atoms with Gasteiger partial charge >= 0.3 is 0 Å². The van der Waals surface area contributed by atoms with Crippen molar-refractivity contribution in [3.63, 3.8) is 0 Å². The molecule has 0 saturated heterocycles. The molecular formula is C38H53ClN2O6S2. The third-order valence-corrected chi connectivity index (χ3v) is 14.1. The third-order valence-electron chi connectivity index (χ3n) is 11.2. The van der Waals surface area contributed by atoms with E-state index in [9.17, 15) is 13.2 Å². The summed E-state index contributed by atoms with van der Waals surface area (Å²) in [6, 6.07) is 11.2. The first-order valence-electron chi connectivity index (χ1n) is 17.6. The number of fused-ring (bicyclic) bond motifs is 4. The van der Waals surface area contributed by atoms with Crippen molar-refractivity contribution in [2.24, 2.45) is 23.7 Å². The second-order valence-corrected chi connectivity index (χ2v) is 22.2. The zero-order chi connectivity index (χ0) is 35.0. The maximum atomic E-state index is 13.9. The van der Waals surface area contributed by atoms with Crippen LogP contribution in [0.25, 0.3) is 0 Å². The summed E-state index contributed by atoms with van der Waals surface area (Å²) in [5.41, 5.74) is 2.99. The average Bonchev–Trinajstić information content (AvgIpc) is 3.18. The molecule has 1 saturated carbocycles. The van der Waals surface area contributed by atoms with Crippen molar-refractivity contribution < 1.29 is 27.4 Å². The number of methoxy groups -OCH3 is 1. The van der Waals surface area contributed by atoms with Crippen LogP contribution in [0.4, 0.5) is 5.69 Å². The SMILES string of the molecule is CO[C@@H]1/C=C/C[C@H](C)[C@@H](COCCS(C)(C)C)C(=O)NS(=O)(=O)c2ccc3c(c2)N(C[C@@H]2CC[C@H]21)C[C@@]1(CCCc2cc(Cl)ccc21)CO3. The zero-order valence-corrected chi connectivity index (χ0v) is 32.0. The summed E-state index contributed by atoms with van der Waals surface area (Å²) in [6.45, 7) is 4.61. The largest absolute Gasteiger partial charge is 0.490 e. The summed E-state index contributed by atoms with van der Waals surface area (Å²) in [5, 5.41) is 0.737. The molecule has 2 heterocycles. The average molecular weight is 733 g/mol. The number of carbonyl (C=O) groups is 1. The summed E-state index contributed by atoms with van der Waals surface area (Å²) in [7, 11) is -3.16. The first kappa shape index (κ1) is 36.5. The lowest BCUT2D eigenvalue weighted by molar-refractivity contribution is -0.126. The number of benzene rings is 2. The molecule has 2 bridgehead atoms. The zero-order valence-electron chi connectivity index (χ0n) is 29.6. The number of ether oxygens (including phenoxy) is 3. The van der Waals surface area contributed by atoms with Gasteiger partial charge in [0.15, 0.2) is 0 Å². The van der Waals surface area contributed by atoms with Gasteiger partial charge in [-0.05, 0) is 117 Å². The van der Waals surface area contributed by atoms with Gasteiger partial charge in [0, 0.05) is 36.4 Å². The van der Waals surface area contributed by atoms with Crippen LogP contribution in [0.1, 0.15) is 50.2 Å². The predicted octanol–water partition coefficient (Wildman–Crippen LogP) is 6.58. The molecule has 270 valence electrons. The molecule has 6 rings (SSSR count). The van der Waals surface area contributed by atoms with Gasteiger partial charge in [-0.3, -0.25) is 4.79 Å². The van der Waals surface area contributed by atoms with Gasteiger partial charge in [-0.15, -0.1) is 0 Å². The maximum absolute atomic E-state index is 13.9. The maximum Gasteiger partial charge on any atom is 0.264 e.